The molecule has 0 aliphatic heterocycles. The second kappa shape index (κ2) is 7.62. The molecular weight excluding hydrogens is 338 g/mol. The Morgan fingerprint density at radius 1 is 1.31 bits per heavy atom. The van der Waals surface area contributed by atoms with Crippen LogP contribution in [0, 0.1) is 10.1 Å². The van der Waals surface area contributed by atoms with Gasteiger partial charge >= 0.3 is 0 Å². The number of methoxy groups -OCH3 is 1. The average Bonchev–Trinajstić information content (AvgIpc) is 3.05. The quantitative estimate of drug-likeness (QED) is 0.382. The van der Waals surface area contributed by atoms with Gasteiger partial charge in [-0.25, -0.2) is 9.66 Å². The predicted molar refractivity (Wildman–Crippen MR) is 96.9 cm³/mol. The van der Waals surface area contributed by atoms with Crippen LogP contribution in [0.4, 0.5) is 11.4 Å². The number of ether oxygens (including phenoxy) is 1. The van der Waals surface area contributed by atoms with Crippen LogP contribution < -0.4 is 10.7 Å². The molecule has 0 aliphatic rings. The normalized spacial score (nSPS) is 10.7. The van der Waals surface area contributed by atoms with Crippen LogP contribution in [0.1, 0.15) is 10.4 Å². The van der Waals surface area contributed by atoms with E-state index < -0.39 is 10.8 Å². The molecular formula is C17H17N5O4. The van der Waals surface area contributed by atoms with E-state index >= 15 is 0 Å². The molecule has 0 atom stereocenters. The first-order valence-electron chi connectivity index (χ1n) is 7.85. The number of hydrogen-bond acceptors (Lipinski definition) is 6. The SMILES string of the molecule is COCCNc1ccc([N+](=O)[O-])cc1C(=O)Nn1cnc2ccccc21. The third-order valence-corrected chi connectivity index (χ3v) is 3.76. The summed E-state index contributed by atoms with van der Waals surface area (Å²) in [6.45, 7) is 0.896. The van der Waals surface area contributed by atoms with E-state index in [-0.39, 0.29) is 11.3 Å². The van der Waals surface area contributed by atoms with Crippen molar-refractivity contribution in [2.75, 3.05) is 31.0 Å². The zero-order chi connectivity index (χ0) is 18.5. The Hall–Kier alpha value is -3.46. The molecule has 3 rings (SSSR count). The van der Waals surface area contributed by atoms with Crippen LogP contribution in [-0.4, -0.2) is 40.8 Å². The summed E-state index contributed by atoms with van der Waals surface area (Å²) >= 11 is 0. The molecule has 134 valence electrons. The third kappa shape index (κ3) is 3.62. The Morgan fingerprint density at radius 3 is 2.88 bits per heavy atom. The first-order valence-corrected chi connectivity index (χ1v) is 7.85. The van der Waals surface area contributed by atoms with E-state index in [0.717, 1.165) is 11.0 Å². The van der Waals surface area contributed by atoms with E-state index in [9.17, 15) is 14.9 Å². The lowest BCUT2D eigenvalue weighted by molar-refractivity contribution is -0.384. The maximum absolute atomic E-state index is 12.7. The molecule has 0 saturated carbocycles. The van der Waals surface area contributed by atoms with Crippen molar-refractivity contribution in [1.29, 1.82) is 0 Å². The van der Waals surface area contributed by atoms with Crippen molar-refractivity contribution in [1.82, 2.24) is 9.66 Å². The van der Waals surface area contributed by atoms with Gasteiger partial charge in [0, 0.05) is 31.5 Å². The van der Waals surface area contributed by atoms with Gasteiger partial charge in [0.1, 0.15) is 6.33 Å². The number of carbonyl (C=O) groups excluding carboxylic acids is 1. The summed E-state index contributed by atoms with van der Waals surface area (Å²) in [6.07, 6.45) is 1.48. The minimum Gasteiger partial charge on any atom is -0.383 e. The molecule has 0 spiro atoms. The fourth-order valence-electron chi connectivity index (χ4n) is 2.49. The summed E-state index contributed by atoms with van der Waals surface area (Å²) < 4.78 is 6.46. The molecule has 0 unspecified atom stereocenters. The zero-order valence-corrected chi connectivity index (χ0v) is 14.0. The molecule has 0 fully saturated rings. The number of nitrogens with one attached hydrogen (secondary N) is 2. The molecule has 2 aromatic carbocycles. The summed E-state index contributed by atoms with van der Waals surface area (Å²) in [6, 6.07) is 11.4. The van der Waals surface area contributed by atoms with Gasteiger partial charge in [0.05, 0.1) is 28.1 Å². The number of aromatic nitrogens is 2. The number of nitrogens with zero attached hydrogens (tertiary/aromatic N) is 3. The Morgan fingerprint density at radius 2 is 2.12 bits per heavy atom. The van der Waals surface area contributed by atoms with Crippen molar-refractivity contribution in [2.24, 2.45) is 0 Å². The summed E-state index contributed by atoms with van der Waals surface area (Å²) in [5, 5.41) is 14.1. The number of nitro groups is 1. The highest BCUT2D eigenvalue weighted by Crippen LogP contribution is 2.22. The lowest BCUT2D eigenvalue weighted by atomic mass is 10.1. The van der Waals surface area contributed by atoms with Gasteiger partial charge in [-0.3, -0.25) is 20.3 Å². The van der Waals surface area contributed by atoms with Gasteiger partial charge in [0.2, 0.25) is 0 Å². The van der Waals surface area contributed by atoms with E-state index in [1.54, 1.807) is 7.11 Å². The van der Waals surface area contributed by atoms with Crippen LogP contribution in [0.15, 0.2) is 48.8 Å². The molecule has 0 bridgehead atoms. The standard InChI is InChI=1S/C17H17N5O4/c1-26-9-8-18-14-7-6-12(22(24)25)10-13(14)17(23)20-21-11-19-15-4-2-3-5-16(15)21/h2-7,10-11,18H,8-9H2,1H3,(H,20,23). The van der Waals surface area contributed by atoms with Crippen molar-refractivity contribution in [2.45, 2.75) is 0 Å². The lowest BCUT2D eigenvalue weighted by Gasteiger charge is -2.13. The molecule has 1 heterocycles. The monoisotopic (exact) mass is 355 g/mol. The number of imidazole rings is 1. The number of benzene rings is 2. The van der Waals surface area contributed by atoms with Crippen LogP contribution in [0.25, 0.3) is 11.0 Å². The number of non-ortho nitro benzene ring substituents is 1. The number of hydrogen-bond donors (Lipinski definition) is 2. The lowest BCUT2D eigenvalue weighted by Crippen LogP contribution is -2.23. The minimum atomic E-state index is -0.539. The number of para-hydroxylation sites is 2. The van der Waals surface area contributed by atoms with Crippen molar-refractivity contribution < 1.29 is 14.5 Å². The van der Waals surface area contributed by atoms with Crippen LogP contribution in [0.3, 0.4) is 0 Å². The minimum absolute atomic E-state index is 0.160. The summed E-state index contributed by atoms with van der Waals surface area (Å²) in [5.74, 6) is -0.489. The Bertz CT molecular complexity index is 953. The van der Waals surface area contributed by atoms with Gasteiger partial charge in [-0.05, 0) is 18.2 Å². The first-order chi connectivity index (χ1) is 12.6. The molecule has 3 aromatic rings. The number of fused-ring (bicyclic) bond motifs is 1. The van der Waals surface area contributed by atoms with Gasteiger partial charge in [-0.15, -0.1) is 0 Å². The molecule has 0 aliphatic carbocycles. The van der Waals surface area contributed by atoms with Crippen LogP contribution in [0.2, 0.25) is 0 Å². The van der Waals surface area contributed by atoms with Gasteiger partial charge in [-0.2, -0.15) is 0 Å². The number of amides is 1. The fraction of sp³-hybridized carbons (Fsp3) is 0.176. The first kappa shape index (κ1) is 17.4. The van der Waals surface area contributed by atoms with Crippen molar-refractivity contribution >= 4 is 28.3 Å². The van der Waals surface area contributed by atoms with Gasteiger partial charge in [0.15, 0.2) is 0 Å². The maximum atomic E-state index is 12.7. The van der Waals surface area contributed by atoms with E-state index in [2.05, 4.69) is 15.7 Å². The van der Waals surface area contributed by atoms with Crippen molar-refractivity contribution in [3.63, 3.8) is 0 Å². The van der Waals surface area contributed by atoms with Gasteiger partial charge < -0.3 is 10.1 Å². The van der Waals surface area contributed by atoms with Crippen molar-refractivity contribution in [3.8, 4) is 0 Å². The van der Waals surface area contributed by atoms with E-state index in [0.29, 0.717) is 18.8 Å². The second-order valence-electron chi connectivity index (χ2n) is 5.45. The fourth-order valence-corrected chi connectivity index (χ4v) is 2.49. The van der Waals surface area contributed by atoms with Gasteiger partial charge in [-0.1, -0.05) is 12.1 Å². The molecule has 1 aromatic heterocycles. The van der Waals surface area contributed by atoms with E-state index in [1.807, 2.05) is 24.3 Å². The van der Waals surface area contributed by atoms with Crippen LogP contribution in [-0.2, 0) is 4.74 Å². The molecule has 0 saturated heterocycles. The van der Waals surface area contributed by atoms with Crippen LogP contribution in [0.5, 0.6) is 0 Å². The Kier molecular flexibility index (Phi) is 5.09. The van der Waals surface area contributed by atoms with E-state index in [4.69, 9.17) is 4.74 Å². The molecule has 1 amide bonds. The molecule has 9 heteroatoms. The summed E-state index contributed by atoms with van der Waals surface area (Å²) in [4.78, 5) is 27.5. The zero-order valence-electron chi connectivity index (χ0n) is 14.0. The summed E-state index contributed by atoms with van der Waals surface area (Å²) in [5.41, 5.74) is 4.63. The summed E-state index contributed by atoms with van der Waals surface area (Å²) in [7, 11) is 1.56. The van der Waals surface area contributed by atoms with Gasteiger partial charge in [0.25, 0.3) is 11.6 Å². The van der Waals surface area contributed by atoms with E-state index in [1.165, 1.54) is 29.2 Å². The third-order valence-electron chi connectivity index (χ3n) is 3.76. The molecule has 26 heavy (non-hydrogen) atoms. The molecule has 2 N–H and O–H groups in total. The molecule has 0 radical (unpaired) electrons. The Labute approximate surface area is 148 Å². The average molecular weight is 355 g/mol. The van der Waals surface area contributed by atoms with Crippen molar-refractivity contribution in [3.05, 3.63) is 64.5 Å². The smallest absolute Gasteiger partial charge is 0.272 e. The Balaban J connectivity index is 1.90. The highest BCUT2D eigenvalue weighted by atomic mass is 16.6. The highest BCUT2D eigenvalue weighted by molar-refractivity contribution is 6.05. The number of carbonyl (C=O) groups is 1. The second-order valence-corrected chi connectivity index (χ2v) is 5.45. The maximum Gasteiger partial charge on any atom is 0.272 e. The highest BCUT2D eigenvalue weighted by Gasteiger charge is 2.17. The topological polar surface area (TPSA) is 111 Å². The number of rotatable bonds is 7. The largest absolute Gasteiger partial charge is 0.383 e. The molecule has 9 nitrogen and oxygen atoms in total. The number of nitro benzene ring substituents is 1. The predicted octanol–water partition coefficient (Wildman–Crippen LogP) is 2.39. The number of anilines is 1. The van der Waals surface area contributed by atoms with Crippen LogP contribution >= 0.6 is 0 Å².